The van der Waals surface area contributed by atoms with Crippen LogP contribution in [0.2, 0.25) is 5.15 Å². The first-order valence-electron chi connectivity index (χ1n) is 6.64. The maximum Gasteiger partial charge on any atom is 0.131 e. The van der Waals surface area contributed by atoms with Crippen LogP contribution in [-0.4, -0.2) is 11.0 Å². The third-order valence-electron chi connectivity index (χ3n) is 3.65. The van der Waals surface area contributed by atoms with Crippen molar-refractivity contribution in [3.8, 4) is 0 Å². The predicted octanol–water partition coefficient (Wildman–Crippen LogP) is 4.75. The molecule has 1 aliphatic rings. The van der Waals surface area contributed by atoms with Gasteiger partial charge in [0.25, 0.3) is 0 Å². The summed E-state index contributed by atoms with van der Waals surface area (Å²) in [5.74, 6) is 0. The zero-order valence-electron chi connectivity index (χ0n) is 11.8. The van der Waals surface area contributed by atoms with Gasteiger partial charge in [0.2, 0.25) is 0 Å². The normalized spacial score (nSPS) is 22.7. The topological polar surface area (TPSA) is 24.9 Å². The first kappa shape index (κ1) is 13.7. The number of nitrogens with one attached hydrogen (secondary N) is 1. The first-order valence-corrected chi connectivity index (χ1v) is 7.02. The van der Waals surface area contributed by atoms with Crippen molar-refractivity contribution in [1.29, 1.82) is 0 Å². The minimum atomic E-state index is 0.399. The van der Waals surface area contributed by atoms with Crippen LogP contribution in [0.3, 0.4) is 0 Å². The number of anilines is 1. The average Bonchev–Trinajstić information content (AvgIpc) is 2.11. The smallest absolute Gasteiger partial charge is 0.131 e. The molecule has 0 atom stereocenters. The van der Waals surface area contributed by atoms with E-state index >= 15 is 0 Å². The molecule has 0 bridgehead atoms. The average molecular weight is 267 g/mol. The van der Waals surface area contributed by atoms with Gasteiger partial charge in [0.15, 0.2) is 0 Å². The highest BCUT2D eigenvalue weighted by atomic mass is 35.5. The van der Waals surface area contributed by atoms with E-state index in [2.05, 4.69) is 38.0 Å². The van der Waals surface area contributed by atoms with Gasteiger partial charge in [-0.05, 0) is 42.2 Å². The standard InChI is InChI=1S/C15H23ClN2/c1-14(2)8-12(9-15(3,4)10-14)18-11-5-6-17-13(16)7-11/h5-7,12H,8-10H2,1-4H3,(H,17,18). The molecule has 1 aromatic heterocycles. The van der Waals surface area contributed by atoms with E-state index in [0.717, 1.165) is 5.69 Å². The molecule has 0 amide bonds. The van der Waals surface area contributed by atoms with Crippen molar-refractivity contribution in [2.75, 3.05) is 5.32 Å². The molecule has 1 aliphatic carbocycles. The van der Waals surface area contributed by atoms with Gasteiger partial charge < -0.3 is 5.32 Å². The zero-order chi connectivity index (χ0) is 13.4. The van der Waals surface area contributed by atoms with Gasteiger partial charge in [0.1, 0.15) is 5.15 Å². The molecule has 0 aliphatic heterocycles. The van der Waals surface area contributed by atoms with Crippen LogP contribution in [0, 0.1) is 10.8 Å². The zero-order valence-corrected chi connectivity index (χ0v) is 12.5. The fourth-order valence-corrected chi connectivity index (χ4v) is 3.85. The van der Waals surface area contributed by atoms with Crippen LogP contribution in [-0.2, 0) is 0 Å². The molecule has 1 N–H and O–H groups in total. The third-order valence-corrected chi connectivity index (χ3v) is 3.86. The van der Waals surface area contributed by atoms with Crippen LogP contribution in [0.15, 0.2) is 18.3 Å². The summed E-state index contributed by atoms with van der Waals surface area (Å²) >= 11 is 5.92. The van der Waals surface area contributed by atoms with Crippen molar-refractivity contribution in [1.82, 2.24) is 4.98 Å². The molecule has 1 saturated carbocycles. The van der Waals surface area contributed by atoms with Gasteiger partial charge in [-0.2, -0.15) is 0 Å². The Labute approximate surface area is 115 Å². The summed E-state index contributed by atoms with van der Waals surface area (Å²) in [7, 11) is 0. The lowest BCUT2D eigenvalue weighted by Gasteiger charge is -2.45. The number of nitrogens with zero attached hydrogens (tertiary/aromatic N) is 1. The van der Waals surface area contributed by atoms with Gasteiger partial charge in [-0.15, -0.1) is 0 Å². The lowest BCUT2D eigenvalue weighted by atomic mass is 9.63. The van der Waals surface area contributed by atoms with Crippen molar-refractivity contribution in [2.45, 2.75) is 53.0 Å². The van der Waals surface area contributed by atoms with E-state index in [9.17, 15) is 0 Å². The number of hydrogen-bond acceptors (Lipinski definition) is 2. The Morgan fingerprint density at radius 3 is 2.39 bits per heavy atom. The molecule has 0 saturated heterocycles. The maximum atomic E-state index is 5.92. The van der Waals surface area contributed by atoms with Gasteiger partial charge in [-0.1, -0.05) is 39.3 Å². The van der Waals surface area contributed by atoms with Gasteiger partial charge in [0, 0.05) is 17.9 Å². The Morgan fingerprint density at radius 1 is 1.22 bits per heavy atom. The fraction of sp³-hybridized carbons (Fsp3) is 0.667. The van der Waals surface area contributed by atoms with E-state index in [4.69, 9.17) is 11.6 Å². The molecule has 1 aromatic rings. The van der Waals surface area contributed by atoms with E-state index in [0.29, 0.717) is 22.0 Å². The molecular weight excluding hydrogens is 244 g/mol. The van der Waals surface area contributed by atoms with Crippen LogP contribution in [0.1, 0.15) is 47.0 Å². The number of hydrogen-bond donors (Lipinski definition) is 1. The Hall–Kier alpha value is -0.760. The summed E-state index contributed by atoms with van der Waals surface area (Å²) in [5.41, 5.74) is 1.88. The largest absolute Gasteiger partial charge is 0.382 e. The SMILES string of the molecule is CC1(C)CC(Nc2ccnc(Cl)c2)CC(C)(C)C1. The second-order valence-electron chi connectivity index (χ2n) is 7.12. The minimum absolute atomic E-state index is 0.399. The molecule has 100 valence electrons. The molecule has 1 fully saturated rings. The number of pyridine rings is 1. The number of aromatic nitrogens is 1. The maximum absolute atomic E-state index is 5.92. The molecule has 2 nitrogen and oxygen atoms in total. The van der Waals surface area contributed by atoms with Crippen molar-refractivity contribution in [3.05, 3.63) is 23.5 Å². The van der Waals surface area contributed by atoms with Crippen LogP contribution < -0.4 is 5.32 Å². The van der Waals surface area contributed by atoms with Crippen LogP contribution in [0.5, 0.6) is 0 Å². The van der Waals surface area contributed by atoms with Crippen molar-refractivity contribution >= 4 is 17.3 Å². The minimum Gasteiger partial charge on any atom is -0.382 e. The Morgan fingerprint density at radius 2 is 1.83 bits per heavy atom. The van der Waals surface area contributed by atoms with Gasteiger partial charge in [0.05, 0.1) is 0 Å². The van der Waals surface area contributed by atoms with E-state index in [-0.39, 0.29) is 0 Å². The highest BCUT2D eigenvalue weighted by Crippen LogP contribution is 2.46. The van der Waals surface area contributed by atoms with Gasteiger partial charge in [-0.25, -0.2) is 4.98 Å². The molecule has 3 heteroatoms. The van der Waals surface area contributed by atoms with Crippen molar-refractivity contribution < 1.29 is 0 Å². The second kappa shape index (κ2) is 4.73. The quantitative estimate of drug-likeness (QED) is 0.782. The molecule has 2 rings (SSSR count). The first-order chi connectivity index (χ1) is 8.26. The summed E-state index contributed by atoms with van der Waals surface area (Å²) in [4.78, 5) is 4.02. The number of rotatable bonds is 2. The van der Waals surface area contributed by atoms with E-state index in [1.807, 2.05) is 12.1 Å². The van der Waals surface area contributed by atoms with Crippen molar-refractivity contribution in [2.24, 2.45) is 10.8 Å². The van der Waals surface area contributed by atoms with Crippen molar-refractivity contribution in [3.63, 3.8) is 0 Å². The molecule has 0 radical (unpaired) electrons. The van der Waals surface area contributed by atoms with Gasteiger partial charge >= 0.3 is 0 Å². The summed E-state index contributed by atoms with van der Waals surface area (Å²) < 4.78 is 0. The Kier molecular flexibility index (Phi) is 3.59. The number of halogens is 1. The molecule has 0 spiro atoms. The predicted molar refractivity (Wildman–Crippen MR) is 78.1 cm³/mol. The fourth-order valence-electron chi connectivity index (χ4n) is 3.68. The van der Waals surface area contributed by atoms with Crippen LogP contribution >= 0.6 is 11.6 Å². The second-order valence-corrected chi connectivity index (χ2v) is 7.51. The summed E-state index contributed by atoms with van der Waals surface area (Å²) in [6.45, 7) is 9.45. The van der Waals surface area contributed by atoms with E-state index in [1.54, 1.807) is 6.20 Å². The lowest BCUT2D eigenvalue weighted by molar-refractivity contribution is 0.105. The summed E-state index contributed by atoms with van der Waals surface area (Å²) in [6.07, 6.45) is 5.45. The summed E-state index contributed by atoms with van der Waals surface area (Å²) in [5, 5.41) is 4.16. The molecule has 18 heavy (non-hydrogen) atoms. The summed E-state index contributed by atoms with van der Waals surface area (Å²) in [6, 6.07) is 4.40. The monoisotopic (exact) mass is 266 g/mol. The Balaban J connectivity index is 2.09. The molecular formula is C15H23ClN2. The van der Waals surface area contributed by atoms with Crippen LogP contribution in [0.4, 0.5) is 5.69 Å². The van der Waals surface area contributed by atoms with E-state index < -0.39 is 0 Å². The van der Waals surface area contributed by atoms with E-state index in [1.165, 1.54) is 19.3 Å². The third kappa shape index (κ3) is 3.61. The molecule has 0 unspecified atom stereocenters. The molecule has 1 heterocycles. The highest BCUT2D eigenvalue weighted by Gasteiger charge is 2.38. The Bertz CT molecular complexity index is 410. The lowest BCUT2D eigenvalue weighted by Crippen LogP contribution is -2.40. The molecule has 0 aromatic carbocycles. The van der Waals surface area contributed by atoms with Gasteiger partial charge in [-0.3, -0.25) is 0 Å². The highest BCUT2D eigenvalue weighted by molar-refractivity contribution is 6.29. The van der Waals surface area contributed by atoms with Crippen LogP contribution in [0.25, 0.3) is 0 Å².